The summed E-state index contributed by atoms with van der Waals surface area (Å²) < 4.78 is 0. The number of aliphatic imine (C=N–C) groups is 1. The first-order valence-electron chi connectivity index (χ1n) is 6.60. The normalized spacial score (nSPS) is 17.8. The van der Waals surface area contributed by atoms with Gasteiger partial charge in [0.05, 0.1) is 0 Å². The number of guanidine groups is 1. The van der Waals surface area contributed by atoms with Crippen LogP contribution >= 0.6 is 24.0 Å². The van der Waals surface area contributed by atoms with E-state index in [9.17, 15) is 0 Å². The van der Waals surface area contributed by atoms with Crippen molar-refractivity contribution >= 4 is 29.9 Å². The molecule has 1 rings (SSSR count). The molecule has 0 radical (unpaired) electrons. The minimum absolute atomic E-state index is 0. The molecular weight excluding hydrogens is 339 g/mol. The first-order valence-corrected chi connectivity index (χ1v) is 6.60. The lowest BCUT2D eigenvalue weighted by Gasteiger charge is -2.33. The van der Waals surface area contributed by atoms with Gasteiger partial charge in [-0.15, -0.1) is 24.0 Å². The summed E-state index contributed by atoms with van der Waals surface area (Å²) in [6.07, 6.45) is 5.24. The lowest BCUT2D eigenvalue weighted by Crippen LogP contribution is -2.52. The molecule has 2 N–H and O–H groups in total. The number of hydrogen-bond donors (Lipinski definition) is 2. The van der Waals surface area contributed by atoms with E-state index in [2.05, 4.69) is 48.5 Å². The van der Waals surface area contributed by atoms with Crippen LogP contribution in [0, 0.1) is 0 Å². The topological polar surface area (TPSA) is 39.7 Å². The van der Waals surface area contributed by atoms with Crippen LogP contribution in [0.15, 0.2) is 4.99 Å². The van der Waals surface area contributed by atoms with E-state index in [1.54, 1.807) is 0 Å². The standard InChI is InChI=1S/C13H28N4.HI/c1-13(2,17(4)5)10-15-12(14-3)16-11-8-6-7-9-11;/h11H,6-10H2,1-5H3,(H2,14,15,16);1H. The van der Waals surface area contributed by atoms with E-state index in [1.165, 1.54) is 25.7 Å². The highest BCUT2D eigenvalue weighted by atomic mass is 127. The third-order valence-corrected chi connectivity index (χ3v) is 3.82. The number of nitrogens with zero attached hydrogens (tertiary/aromatic N) is 2. The molecule has 0 heterocycles. The summed E-state index contributed by atoms with van der Waals surface area (Å²) in [6.45, 7) is 5.35. The van der Waals surface area contributed by atoms with Crippen LogP contribution in [0.1, 0.15) is 39.5 Å². The summed E-state index contributed by atoms with van der Waals surface area (Å²) in [7, 11) is 6.05. The van der Waals surface area contributed by atoms with E-state index >= 15 is 0 Å². The van der Waals surface area contributed by atoms with Gasteiger partial charge in [0, 0.05) is 25.2 Å². The van der Waals surface area contributed by atoms with Crippen molar-refractivity contribution in [2.24, 2.45) is 4.99 Å². The molecule has 0 amide bonds. The summed E-state index contributed by atoms with van der Waals surface area (Å²) in [5, 5.41) is 6.91. The fourth-order valence-corrected chi connectivity index (χ4v) is 1.92. The van der Waals surface area contributed by atoms with E-state index in [0.29, 0.717) is 6.04 Å². The number of likely N-dealkylation sites (N-methyl/N-ethyl adjacent to an activating group) is 1. The van der Waals surface area contributed by atoms with Crippen LogP contribution in [-0.4, -0.2) is 50.1 Å². The third kappa shape index (κ3) is 5.73. The van der Waals surface area contributed by atoms with Crippen molar-refractivity contribution in [2.45, 2.75) is 51.1 Å². The molecule has 1 aliphatic carbocycles. The van der Waals surface area contributed by atoms with Crippen LogP contribution in [0.2, 0.25) is 0 Å². The zero-order valence-electron chi connectivity index (χ0n) is 12.4. The Kier molecular flexibility index (Phi) is 8.18. The zero-order valence-corrected chi connectivity index (χ0v) is 14.7. The molecule has 0 unspecified atom stereocenters. The maximum absolute atomic E-state index is 4.29. The number of hydrogen-bond acceptors (Lipinski definition) is 2. The van der Waals surface area contributed by atoms with Gasteiger partial charge in [0.1, 0.15) is 0 Å². The third-order valence-electron chi connectivity index (χ3n) is 3.82. The highest BCUT2D eigenvalue weighted by molar-refractivity contribution is 14.0. The SMILES string of the molecule is CN=C(NCC(C)(C)N(C)C)NC1CCCC1.I. The molecule has 0 aromatic heterocycles. The van der Waals surface area contributed by atoms with Crippen LogP contribution < -0.4 is 10.6 Å². The number of rotatable bonds is 4. The minimum Gasteiger partial charge on any atom is -0.355 e. The van der Waals surface area contributed by atoms with Crippen molar-refractivity contribution in [2.75, 3.05) is 27.7 Å². The van der Waals surface area contributed by atoms with E-state index in [4.69, 9.17) is 0 Å². The fourth-order valence-electron chi connectivity index (χ4n) is 1.92. The van der Waals surface area contributed by atoms with Gasteiger partial charge in [-0.3, -0.25) is 4.99 Å². The van der Waals surface area contributed by atoms with Gasteiger partial charge in [0.15, 0.2) is 5.96 Å². The molecule has 1 saturated carbocycles. The fraction of sp³-hybridized carbons (Fsp3) is 0.923. The Hall–Kier alpha value is -0.0400. The van der Waals surface area contributed by atoms with Gasteiger partial charge in [-0.2, -0.15) is 0 Å². The smallest absolute Gasteiger partial charge is 0.191 e. The van der Waals surface area contributed by atoms with E-state index in [1.807, 2.05) is 7.05 Å². The van der Waals surface area contributed by atoms with Crippen LogP contribution in [0.5, 0.6) is 0 Å². The van der Waals surface area contributed by atoms with Crippen LogP contribution in [-0.2, 0) is 0 Å². The Morgan fingerprint density at radius 3 is 2.28 bits per heavy atom. The molecule has 4 nitrogen and oxygen atoms in total. The second-order valence-corrected chi connectivity index (χ2v) is 5.76. The van der Waals surface area contributed by atoms with Gasteiger partial charge < -0.3 is 15.5 Å². The maximum atomic E-state index is 4.29. The Bertz CT molecular complexity index is 258. The second kappa shape index (κ2) is 8.19. The molecule has 0 bridgehead atoms. The Morgan fingerprint density at radius 2 is 1.83 bits per heavy atom. The summed E-state index contributed by atoms with van der Waals surface area (Å²) in [6, 6.07) is 0.615. The molecule has 5 heteroatoms. The van der Waals surface area contributed by atoms with Crippen LogP contribution in [0.25, 0.3) is 0 Å². The quantitative estimate of drug-likeness (QED) is 0.453. The van der Waals surface area contributed by atoms with Crippen molar-refractivity contribution in [3.05, 3.63) is 0 Å². The summed E-state index contributed by atoms with van der Waals surface area (Å²) >= 11 is 0. The molecule has 0 spiro atoms. The number of nitrogens with one attached hydrogen (secondary N) is 2. The van der Waals surface area contributed by atoms with Crippen molar-refractivity contribution < 1.29 is 0 Å². The minimum atomic E-state index is 0. The molecule has 0 atom stereocenters. The van der Waals surface area contributed by atoms with Gasteiger partial charge in [-0.05, 0) is 40.8 Å². The largest absolute Gasteiger partial charge is 0.355 e. The average Bonchev–Trinajstić information content (AvgIpc) is 2.76. The van der Waals surface area contributed by atoms with Crippen molar-refractivity contribution in [3.63, 3.8) is 0 Å². The van der Waals surface area contributed by atoms with Crippen LogP contribution in [0.3, 0.4) is 0 Å². The molecule has 108 valence electrons. The maximum Gasteiger partial charge on any atom is 0.191 e. The monoisotopic (exact) mass is 368 g/mol. The number of halogens is 1. The summed E-state index contributed by atoms with van der Waals surface area (Å²) in [5.74, 6) is 0.937. The predicted molar refractivity (Wildman–Crippen MR) is 89.9 cm³/mol. The van der Waals surface area contributed by atoms with Crippen molar-refractivity contribution in [3.8, 4) is 0 Å². The molecule has 0 saturated heterocycles. The highest BCUT2D eigenvalue weighted by Gasteiger charge is 2.21. The lowest BCUT2D eigenvalue weighted by atomic mass is 10.0. The zero-order chi connectivity index (χ0) is 12.9. The van der Waals surface area contributed by atoms with Crippen molar-refractivity contribution in [1.29, 1.82) is 0 Å². The molecule has 1 aliphatic rings. The first-order chi connectivity index (χ1) is 7.95. The first kappa shape index (κ1) is 18.0. The Labute approximate surface area is 129 Å². The predicted octanol–water partition coefficient (Wildman–Crippen LogP) is 2.05. The van der Waals surface area contributed by atoms with E-state index < -0.39 is 0 Å². The molecule has 18 heavy (non-hydrogen) atoms. The average molecular weight is 368 g/mol. The summed E-state index contributed by atoms with van der Waals surface area (Å²) in [4.78, 5) is 6.51. The Morgan fingerprint density at radius 1 is 1.28 bits per heavy atom. The van der Waals surface area contributed by atoms with Crippen LogP contribution in [0.4, 0.5) is 0 Å². The van der Waals surface area contributed by atoms with E-state index in [-0.39, 0.29) is 29.5 Å². The van der Waals surface area contributed by atoms with Gasteiger partial charge >= 0.3 is 0 Å². The molecule has 0 aromatic carbocycles. The van der Waals surface area contributed by atoms with E-state index in [0.717, 1.165) is 12.5 Å². The van der Waals surface area contributed by atoms with Crippen molar-refractivity contribution in [1.82, 2.24) is 15.5 Å². The lowest BCUT2D eigenvalue weighted by molar-refractivity contribution is 0.197. The second-order valence-electron chi connectivity index (χ2n) is 5.76. The Balaban J connectivity index is 0.00000289. The van der Waals surface area contributed by atoms with Gasteiger partial charge in [0.2, 0.25) is 0 Å². The molecule has 0 aromatic rings. The van der Waals surface area contributed by atoms with Gasteiger partial charge in [-0.25, -0.2) is 0 Å². The van der Waals surface area contributed by atoms with Gasteiger partial charge in [0.25, 0.3) is 0 Å². The molecule has 0 aliphatic heterocycles. The van der Waals surface area contributed by atoms with Gasteiger partial charge in [-0.1, -0.05) is 12.8 Å². The molecule has 1 fully saturated rings. The molecular formula is C13H29IN4. The summed E-state index contributed by atoms with van der Waals surface area (Å²) in [5.41, 5.74) is 0.132. The highest BCUT2D eigenvalue weighted by Crippen LogP contribution is 2.17.